The molecule has 14 nitrogen and oxygen atoms in total. The van der Waals surface area contributed by atoms with Gasteiger partial charge in [-0.05, 0) is 44.9 Å². The summed E-state index contributed by atoms with van der Waals surface area (Å²) < 4.78 is 29.2. The first-order valence-electron chi connectivity index (χ1n) is 17.8. The van der Waals surface area contributed by atoms with E-state index in [-0.39, 0.29) is 30.2 Å². The van der Waals surface area contributed by atoms with E-state index in [4.69, 9.17) is 41.0 Å². The van der Waals surface area contributed by atoms with Crippen molar-refractivity contribution < 1.29 is 48.0 Å². The lowest BCUT2D eigenvalue weighted by Gasteiger charge is -2.42. The third kappa shape index (κ3) is 10.2. The molecule has 3 heterocycles. The number of carbonyl (C=O) groups is 4. The number of likely N-dealkylation sites (N-methyl/N-ethyl adjacent to an activating group) is 1. The molecule has 17 heteroatoms. The maximum absolute atomic E-state index is 14.1. The summed E-state index contributed by atoms with van der Waals surface area (Å²) in [5.74, 6) is -0.239. The highest BCUT2D eigenvalue weighted by atomic mass is 35.5. The number of rotatable bonds is 11. The number of nitrogens with one attached hydrogen (secondary N) is 1. The van der Waals surface area contributed by atoms with Gasteiger partial charge in [-0.2, -0.15) is 0 Å². The number of methoxy groups -OCH3 is 2. The number of nitrogens with two attached hydrogens (primary N) is 1. The Kier molecular flexibility index (Phi) is 15.2. The number of aliphatic hydroxyl groups is 1. The highest BCUT2D eigenvalue weighted by Crippen LogP contribution is 2.49. The van der Waals surface area contributed by atoms with E-state index in [1.165, 1.54) is 41.9 Å². The van der Waals surface area contributed by atoms with Crippen LogP contribution >= 0.6 is 33.2 Å². The van der Waals surface area contributed by atoms with Crippen LogP contribution in [0.5, 0.6) is 5.75 Å². The molecular weight excluding hydrogens is 760 g/mol. The Balaban J connectivity index is 1.70. The fourth-order valence-electron chi connectivity index (χ4n) is 6.69. The highest BCUT2D eigenvalue weighted by Gasteiger charge is 2.64. The van der Waals surface area contributed by atoms with Gasteiger partial charge in [0.25, 0.3) is 0 Å². The van der Waals surface area contributed by atoms with E-state index in [9.17, 15) is 24.3 Å². The Morgan fingerprint density at radius 2 is 1.94 bits per heavy atom. The molecule has 2 fully saturated rings. The summed E-state index contributed by atoms with van der Waals surface area (Å²) >= 11 is 6.76. The van der Waals surface area contributed by atoms with Gasteiger partial charge < -0.3 is 44.3 Å². The molecule has 8 atom stereocenters. The number of carbonyl (C=O) groups excluding carboxylic acids is 4. The SMILES string of the molecule is COc1cc2cc(c1Cl)N(C)C(=O)C[C@H](OC(=O)[C@H](C)N(C)C(=O)CCSSCCN)[C@@]1(C)O[C@H]1[C@H](C)[C@@H]1C[C@@](O)(NC(=O)O1)[C@H](OC)/C=C/C=C(\C)C2. The number of halogens is 1. The second-order valence-electron chi connectivity index (χ2n) is 14.1. The molecule has 3 aliphatic rings. The molecule has 2 saturated heterocycles. The van der Waals surface area contributed by atoms with Crippen LogP contribution in [0.3, 0.4) is 0 Å². The van der Waals surface area contributed by atoms with E-state index in [2.05, 4.69) is 5.32 Å². The molecule has 300 valence electrons. The van der Waals surface area contributed by atoms with Crippen LogP contribution in [-0.2, 0) is 39.8 Å². The number of ether oxygens (including phenoxy) is 5. The van der Waals surface area contributed by atoms with Gasteiger partial charge in [0, 0.05) is 58.0 Å². The molecule has 4 N–H and O–H groups in total. The first-order chi connectivity index (χ1) is 25.5. The maximum Gasteiger partial charge on any atom is 0.409 e. The average Bonchev–Trinajstić information content (AvgIpc) is 3.83. The number of hydrogen-bond acceptors (Lipinski definition) is 13. The molecule has 0 spiro atoms. The number of nitrogens with zero attached hydrogens (tertiary/aromatic N) is 2. The summed E-state index contributed by atoms with van der Waals surface area (Å²) in [6.07, 6.45) is 1.15. The van der Waals surface area contributed by atoms with Crippen LogP contribution in [0.15, 0.2) is 35.9 Å². The molecule has 4 rings (SSSR count). The first-order valence-corrected chi connectivity index (χ1v) is 20.7. The van der Waals surface area contributed by atoms with E-state index in [1.54, 1.807) is 62.9 Å². The second kappa shape index (κ2) is 18.8. The number of hydrogen-bond donors (Lipinski definition) is 3. The van der Waals surface area contributed by atoms with Gasteiger partial charge in [0.05, 0.1) is 25.3 Å². The topological polar surface area (TPSA) is 182 Å². The first kappa shape index (κ1) is 43.7. The van der Waals surface area contributed by atoms with Gasteiger partial charge in [0.2, 0.25) is 11.8 Å². The van der Waals surface area contributed by atoms with Crippen LogP contribution in [-0.4, -0.2) is 122 Å². The van der Waals surface area contributed by atoms with Crippen molar-refractivity contribution >= 4 is 62.8 Å². The van der Waals surface area contributed by atoms with E-state index < -0.39 is 65.7 Å². The number of allylic oxidation sites excluding steroid dienone is 3. The summed E-state index contributed by atoms with van der Waals surface area (Å²) in [6.45, 7) is 7.55. The van der Waals surface area contributed by atoms with Crippen LogP contribution in [0.4, 0.5) is 10.5 Å². The Labute approximate surface area is 330 Å². The van der Waals surface area contributed by atoms with Crippen molar-refractivity contribution in [2.75, 3.05) is 51.3 Å². The minimum atomic E-state index is -1.83. The molecule has 0 radical (unpaired) electrons. The molecule has 3 amide bonds. The molecule has 0 aliphatic carbocycles. The molecule has 0 saturated carbocycles. The lowest BCUT2D eigenvalue weighted by atomic mass is 9.83. The van der Waals surface area contributed by atoms with Crippen LogP contribution in [0.25, 0.3) is 0 Å². The number of fused-ring (bicyclic) bond motifs is 5. The summed E-state index contributed by atoms with van der Waals surface area (Å²) in [7, 11) is 9.15. The number of anilines is 1. The van der Waals surface area contributed by atoms with Gasteiger partial charge in [-0.1, -0.05) is 63.9 Å². The molecule has 54 heavy (non-hydrogen) atoms. The van der Waals surface area contributed by atoms with Crippen LogP contribution in [0.2, 0.25) is 5.02 Å². The zero-order chi connectivity index (χ0) is 40.0. The summed E-state index contributed by atoms with van der Waals surface area (Å²) in [5.41, 5.74) is 4.62. The van der Waals surface area contributed by atoms with Crippen molar-refractivity contribution in [3.63, 3.8) is 0 Å². The molecule has 0 unspecified atom stereocenters. The van der Waals surface area contributed by atoms with E-state index >= 15 is 0 Å². The zero-order valence-corrected chi connectivity index (χ0v) is 34.5. The van der Waals surface area contributed by atoms with Gasteiger partial charge in [-0.25, -0.2) is 9.59 Å². The number of epoxide rings is 1. The van der Waals surface area contributed by atoms with Crippen LogP contribution in [0.1, 0.15) is 52.5 Å². The molecule has 4 bridgehead atoms. The fourth-order valence-corrected chi connectivity index (χ4v) is 8.84. The van der Waals surface area contributed by atoms with Crippen molar-refractivity contribution in [3.8, 4) is 5.75 Å². The predicted octanol–water partition coefficient (Wildman–Crippen LogP) is 4.24. The highest BCUT2D eigenvalue weighted by molar-refractivity contribution is 8.76. The minimum Gasteiger partial charge on any atom is -0.495 e. The van der Waals surface area contributed by atoms with Gasteiger partial charge in [-0.15, -0.1) is 0 Å². The maximum atomic E-state index is 14.1. The van der Waals surface area contributed by atoms with Gasteiger partial charge in [0.15, 0.2) is 5.72 Å². The van der Waals surface area contributed by atoms with Crippen LogP contribution < -0.4 is 20.7 Å². The largest absolute Gasteiger partial charge is 0.495 e. The number of amides is 3. The smallest absolute Gasteiger partial charge is 0.409 e. The van der Waals surface area contributed by atoms with Crippen molar-refractivity contribution in [3.05, 3.63) is 46.5 Å². The van der Waals surface area contributed by atoms with Gasteiger partial charge in [0.1, 0.15) is 40.7 Å². The normalized spacial score (nSPS) is 30.8. The Hall–Kier alpha value is -2.99. The Morgan fingerprint density at radius 3 is 2.61 bits per heavy atom. The number of benzene rings is 1. The molecule has 0 aromatic heterocycles. The second-order valence-corrected chi connectivity index (χ2v) is 17.2. The third-order valence-electron chi connectivity index (χ3n) is 10.2. The van der Waals surface area contributed by atoms with E-state index in [0.717, 1.165) is 16.9 Å². The van der Waals surface area contributed by atoms with Crippen LogP contribution in [0, 0.1) is 5.92 Å². The molecule has 3 aliphatic heterocycles. The van der Waals surface area contributed by atoms with Crippen molar-refractivity contribution in [1.29, 1.82) is 0 Å². The lowest BCUT2D eigenvalue weighted by molar-refractivity contribution is -0.162. The van der Waals surface area contributed by atoms with Crippen molar-refractivity contribution in [1.82, 2.24) is 10.2 Å². The summed E-state index contributed by atoms with van der Waals surface area (Å²) in [4.78, 5) is 56.5. The summed E-state index contributed by atoms with van der Waals surface area (Å²) in [5, 5.41) is 14.5. The van der Waals surface area contributed by atoms with E-state index in [0.29, 0.717) is 30.2 Å². The van der Waals surface area contributed by atoms with Gasteiger partial charge >= 0.3 is 12.1 Å². The van der Waals surface area contributed by atoms with E-state index in [1.807, 2.05) is 13.0 Å². The molecule has 1 aromatic carbocycles. The molecular formula is C37H53ClN4O10S2. The quantitative estimate of drug-likeness (QED) is 0.125. The lowest BCUT2D eigenvalue weighted by Crippen LogP contribution is -2.63. The Bertz CT molecular complexity index is 1620. The predicted molar refractivity (Wildman–Crippen MR) is 210 cm³/mol. The third-order valence-corrected chi connectivity index (χ3v) is 13.0. The van der Waals surface area contributed by atoms with Crippen molar-refractivity contribution in [2.45, 2.75) is 95.2 Å². The average molecular weight is 813 g/mol. The number of esters is 1. The summed E-state index contributed by atoms with van der Waals surface area (Å²) in [6, 6.07) is 2.61. The minimum absolute atomic E-state index is 0.0510. The zero-order valence-electron chi connectivity index (χ0n) is 32.1. The monoisotopic (exact) mass is 812 g/mol. The van der Waals surface area contributed by atoms with Gasteiger partial charge in [-0.3, -0.25) is 14.9 Å². The fraction of sp³-hybridized carbons (Fsp3) is 0.622. The van der Waals surface area contributed by atoms with Crippen molar-refractivity contribution in [2.24, 2.45) is 11.7 Å². The molecule has 1 aromatic rings. The number of alkyl carbamates (subject to hydrolysis) is 1. The Morgan fingerprint density at radius 1 is 1.24 bits per heavy atom. The standard InChI is InChI=1S/C37H53ClN4O10S2/c1-21-10-9-11-28(49-8)37(47)20-27(50-35(46)40-37)22(2)33-36(4,52-33)29(51-34(45)23(3)41(5)30(43)12-14-53-54-15-13-39)19-31(44)42(6)25-17-24(16-21)18-26(48-7)32(25)38/h9-11,17-18,22-23,27-29,33,47H,12-16,19-20,39H2,1-8H3,(H,40,46)/b11-9+,21-10+/t22-,23+,27+,28-,29+,33+,36-,37+/m1/s1.